The number of hydrogen-bond donors (Lipinski definition) is 1. The van der Waals surface area contributed by atoms with Crippen molar-refractivity contribution in [3.63, 3.8) is 0 Å². The fraction of sp³-hybridized carbons (Fsp3) is 0.600. The Morgan fingerprint density at radius 1 is 1.08 bits per heavy atom. The summed E-state index contributed by atoms with van der Waals surface area (Å²) in [5, 5.41) is 3.19. The van der Waals surface area contributed by atoms with E-state index in [0.717, 1.165) is 5.56 Å². The first-order valence-electron chi connectivity index (χ1n) is 8.77. The fourth-order valence-electron chi connectivity index (χ4n) is 2.35. The monoisotopic (exact) mass is 349 g/mol. The summed E-state index contributed by atoms with van der Waals surface area (Å²) in [5.74, 6) is -0.549. The molecular formula is C20H31NO4. The minimum Gasteiger partial charge on any atom is -0.460 e. The van der Waals surface area contributed by atoms with Gasteiger partial charge in [-0.1, -0.05) is 44.2 Å². The molecule has 0 spiro atoms. The van der Waals surface area contributed by atoms with Crippen LogP contribution >= 0.6 is 0 Å². The van der Waals surface area contributed by atoms with E-state index in [4.69, 9.17) is 9.47 Å². The van der Waals surface area contributed by atoms with Gasteiger partial charge in [-0.05, 0) is 39.2 Å². The topological polar surface area (TPSA) is 64.6 Å². The Bertz CT molecular complexity index is 549. The summed E-state index contributed by atoms with van der Waals surface area (Å²) in [7, 11) is 0. The molecule has 0 amide bonds. The van der Waals surface area contributed by atoms with Gasteiger partial charge in [-0.15, -0.1) is 0 Å². The van der Waals surface area contributed by atoms with Crippen LogP contribution in [0, 0.1) is 5.92 Å². The number of hydrogen-bond acceptors (Lipinski definition) is 5. The predicted octanol–water partition coefficient (Wildman–Crippen LogP) is 3.46. The van der Waals surface area contributed by atoms with E-state index in [1.807, 2.05) is 71.9 Å². The van der Waals surface area contributed by atoms with Crippen molar-refractivity contribution in [1.82, 2.24) is 5.32 Å². The van der Waals surface area contributed by atoms with Gasteiger partial charge in [0, 0.05) is 6.04 Å². The summed E-state index contributed by atoms with van der Waals surface area (Å²) in [5.41, 5.74) is 0.434. The third-order valence-electron chi connectivity index (χ3n) is 3.50. The highest BCUT2D eigenvalue weighted by molar-refractivity contribution is 5.76. The summed E-state index contributed by atoms with van der Waals surface area (Å²) < 4.78 is 10.7. The summed E-state index contributed by atoms with van der Waals surface area (Å²) in [6.07, 6.45) is 0.201. The number of rotatable bonds is 8. The van der Waals surface area contributed by atoms with Gasteiger partial charge in [0.1, 0.15) is 18.2 Å². The van der Waals surface area contributed by atoms with Crippen LogP contribution in [0.3, 0.4) is 0 Å². The molecule has 5 nitrogen and oxygen atoms in total. The molecule has 0 bridgehead atoms. The van der Waals surface area contributed by atoms with E-state index in [1.165, 1.54) is 0 Å². The fourth-order valence-corrected chi connectivity index (χ4v) is 2.35. The van der Waals surface area contributed by atoms with E-state index in [9.17, 15) is 9.59 Å². The van der Waals surface area contributed by atoms with E-state index in [0.29, 0.717) is 0 Å². The normalized spacial score (nSPS) is 14.0. The van der Waals surface area contributed by atoms with Crippen molar-refractivity contribution in [3.05, 3.63) is 35.9 Å². The quantitative estimate of drug-likeness (QED) is 0.728. The Morgan fingerprint density at radius 3 is 2.20 bits per heavy atom. The third kappa shape index (κ3) is 8.68. The second-order valence-electron chi connectivity index (χ2n) is 7.67. The number of carbonyl (C=O) groups excluding carboxylic acids is 2. The molecule has 0 aliphatic heterocycles. The van der Waals surface area contributed by atoms with Gasteiger partial charge in [0.2, 0.25) is 0 Å². The second kappa shape index (κ2) is 9.56. The van der Waals surface area contributed by atoms with Crippen molar-refractivity contribution >= 4 is 11.9 Å². The molecule has 140 valence electrons. The highest BCUT2D eigenvalue weighted by Gasteiger charge is 2.27. The summed E-state index contributed by atoms with van der Waals surface area (Å²) in [6.45, 7) is 11.5. The van der Waals surface area contributed by atoms with Crippen molar-refractivity contribution in [2.75, 3.05) is 0 Å². The van der Waals surface area contributed by atoms with Crippen molar-refractivity contribution in [3.8, 4) is 0 Å². The maximum absolute atomic E-state index is 12.4. The molecule has 0 saturated carbocycles. The molecule has 0 heterocycles. The summed E-state index contributed by atoms with van der Waals surface area (Å²) in [4.78, 5) is 24.3. The van der Waals surface area contributed by atoms with Crippen LogP contribution in [-0.4, -0.2) is 29.6 Å². The molecule has 0 fully saturated rings. The van der Waals surface area contributed by atoms with Crippen LogP contribution in [0.5, 0.6) is 0 Å². The van der Waals surface area contributed by atoms with Crippen LogP contribution < -0.4 is 5.32 Å². The van der Waals surface area contributed by atoms with E-state index in [2.05, 4.69) is 5.32 Å². The Labute approximate surface area is 151 Å². The second-order valence-corrected chi connectivity index (χ2v) is 7.67. The molecule has 25 heavy (non-hydrogen) atoms. The van der Waals surface area contributed by atoms with Crippen LogP contribution in [0.1, 0.15) is 53.5 Å². The van der Waals surface area contributed by atoms with Crippen molar-refractivity contribution in [2.24, 2.45) is 5.92 Å². The minimum atomic E-state index is -0.511. The summed E-state index contributed by atoms with van der Waals surface area (Å²) in [6, 6.07) is 8.90. The number of benzene rings is 1. The van der Waals surface area contributed by atoms with Crippen LogP contribution in [0.4, 0.5) is 0 Å². The zero-order valence-corrected chi connectivity index (χ0v) is 16.2. The SMILES string of the molecule is CC(CC(=O)OC(C)(C)C)NC(C(=O)OCc1ccccc1)C(C)C. The number of carbonyl (C=O) groups is 2. The van der Waals surface area contributed by atoms with Gasteiger partial charge in [-0.25, -0.2) is 0 Å². The molecule has 2 unspecified atom stereocenters. The Balaban J connectivity index is 2.54. The number of esters is 2. The smallest absolute Gasteiger partial charge is 0.323 e. The minimum absolute atomic E-state index is 0.0457. The molecule has 1 aromatic carbocycles. The molecule has 5 heteroatoms. The van der Waals surface area contributed by atoms with Crippen molar-refractivity contribution in [2.45, 2.75) is 72.3 Å². The molecular weight excluding hydrogens is 318 g/mol. The standard InChI is InChI=1S/C20H31NO4/c1-14(2)18(19(23)24-13-16-10-8-7-9-11-16)21-15(3)12-17(22)25-20(4,5)6/h7-11,14-15,18,21H,12-13H2,1-6H3. The highest BCUT2D eigenvalue weighted by Crippen LogP contribution is 2.12. The largest absolute Gasteiger partial charge is 0.460 e. The zero-order chi connectivity index (χ0) is 19.0. The predicted molar refractivity (Wildman–Crippen MR) is 97.9 cm³/mol. The van der Waals surface area contributed by atoms with Gasteiger partial charge in [-0.2, -0.15) is 0 Å². The van der Waals surface area contributed by atoms with E-state index < -0.39 is 11.6 Å². The van der Waals surface area contributed by atoms with Crippen LogP contribution in [0.15, 0.2) is 30.3 Å². The average molecular weight is 349 g/mol. The lowest BCUT2D eigenvalue weighted by atomic mass is 10.0. The van der Waals surface area contributed by atoms with E-state index in [-0.39, 0.29) is 36.9 Å². The van der Waals surface area contributed by atoms with Gasteiger partial charge in [0.25, 0.3) is 0 Å². The molecule has 0 aliphatic rings. The average Bonchev–Trinajstić information content (AvgIpc) is 2.49. The number of nitrogens with one attached hydrogen (secondary N) is 1. The molecule has 0 aliphatic carbocycles. The molecule has 1 N–H and O–H groups in total. The first-order chi connectivity index (χ1) is 11.6. The first-order valence-corrected chi connectivity index (χ1v) is 8.77. The van der Waals surface area contributed by atoms with Crippen LogP contribution in [0.2, 0.25) is 0 Å². The van der Waals surface area contributed by atoms with Crippen LogP contribution in [0.25, 0.3) is 0 Å². The Morgan fingerprint density at radius 2 is 1.68 bits per heavy atom. The van der Waals surface area contributed by atoms with Gasteiger partial charge in [0.15, 0.2) is 0 Å². The van der Waals surface area contributed by atoms with Crippen LogP contribution in [-0.2, 0) is 25.7 Å². The highest BCUT2D eigenvalue weighted by atomic mass is 16.6. The van der Waals surface area contributed by atoms with E-state index >= 15 is 0 Å². The lowest BCUT2D eigenvalue weighted by molar-refractivity contribution is -0.156. The molecule has 0 radical (unpaired) electrons. The molecule has 1 rings (SSSR count). The molecule has 0 aromatic heterocycles. The Hall–Kier alpha value is -1.88. The van der Waals surface area contributed by atoms with Crippen molar-refractivity contribution < 1.29 is 19.1 Å². The first kappa shape index (κ1) is 21.2. The molecule has 1 aromatic rings. The maximum Gasteiger partial charge on any atom is 0.323 e. The maximum atomic E-state index is 12.4. The molecule has 0 saturated heterocycles. The van der Waals surface area contributed by atoms with Crippen molar-refractivity contribution in [1.29, 1.82) is 0 Å². The van der Waals surface area contributed by atoms with Gasteiger partial charge in [0.05, 0.1) is 6.42 Å². The van der Waals surface area contributed by atoms with Gasteiger partial charge in [-0.3, -0.25) is 9.59 Å². The summed E-state index contributed by atoms with van der Waals surface area (Å²) >= 11 is 0. The zero-order valence-electron chi connectivity index (χ0n) is 16.2. The van der Waals surface area contributed by atoms with E-state index in [1.54, 1.807) is 0 Å². The lowest BCUT2D eigenvalue weighted by Gasteiger charge is -2.26. The Kier molecular flexibility index (Phi) is 8.10. The third-order valence-corrected chi connectivity index (χ3v) is 3.50. The number of ether oxygens (including phenoxy) is 2. The molecule has 2 atom stereocenters. The van der Waals surface area contributed by atoms with Gasteiger partial charge >= 0.3 is 11.9 Å². The lowest BCUT2D eigenvalue weighted by Crippen LogP contribution is -2.47. The van der Waals surface area contributed by atoms with Gasteiger partial charge < -0.3 is 14.8 Å².